The van der Waals surface area contributed by atoms with E-state index in [1.807, 2.05) is 49.5 Å². The molecule has 4 nitrogen and oxygen atoms in total. The minimum absolute atomic E-state index is 0.199. The summed E-state index contributed by atoms with van der Waals surface area (Å²) in [6.45, 7) is 2.05. The summed E-state index contributed by atoms with van der Waals surface area (Å²) < 4.78 is 0. The van der Waals surface area contributed by atoms with Crippen LogP contribution in [0.15, 0.2) is 52.3 Å². The number of H-pyrrole nitrogens is 2. The number of nitrogens with one attached hydrogen (secondary N) is 2. The van der Waals surface area contributed by atoms with Gasteiger partial charge in [-0.15, -0.1) is 0 Å². The monoisotopic (exact) mass is 251 g/mol. The average molecular weight is 251 g/mol. The van der Waals surface area contributed by atoms with Crippen LogP contribution in [0.25, 0.3) is 11.0 Å². The molecule has 0 spiro atoms. The SMILES string of the molecule is Cc1cccc(C=Nc2ccc3[nH]c(=O)[nH]c3c2)c1. The maximum atomic E-state index is 11.2. The van der Waals surface area contributed by atoms with E-state index in [1.54, 1.807) is 0 Å². The van der Waals surface area contributed by atoms with E-state index < -0.39 is 0 Å². The van der Waals surface area contributed by atoms with Crippen molar-refractivity contribution in [1.29, 1.82) is 0 Å². The topological polar surface area (TPSA) is 61.0 Å². The third-order valence-electron chi connectivity index (χ3n) is 2.90. The van der Waals surface area contributed by atoms with Crippen molar-refractivity contribution >= 4 is 22.9 Å². The van der Waals surface area contributed by atoms with Gasteiger partial charge in [0.25, 0.3) is 0 Å². The zero-order valence-corrected chi connectivity index (χ0v) is 10.5. The number of aromatic amines is 2. The van der Waals surface area contributed by atoms with Crippen LogP contribution in [0.1, 0.15) is 11.1 Å². The van der Waals surface area contributed by atoms with Gasteiger partial charge >= 0.3 is 5.69 Å². The van der Waals surface area contributed by atoms with E-state index in [0.29, 0.717) is 0 Å². The van der Waals surface area contributed by atoms with Crippen LogP contribution in [0.5, 0.6) is 0 Å². The van der Waals surface area contributed by atoms with E-state index in [4.69, 9.17) is 0 Å². The Labute approximate surface area is 109 Å². The molecule has 3 rings (SSSR count). The third kappa shape index (κ3) is 2.47. The molecule has 0 aliphatic heterocycles. The highest BCUT2D eigenvalue weighted by Gasteiger charge is 1.98. The first-order chi connectivity index (χ1) is 9.20. The molecule has 0 atom stereocenters. The zero-order valence-electron chi connectivity index (χ0n) is 10.5. The van der Waals surface area contributed by atoms with Crippen LogP contribution in [-0.4, -0.2) is 16.2 Å². The molecule has 0 unspecified atom stereocenters. The Balaban J connectivity index is 1.94. The Morgan fingerprint density at radius 3 is 2.74 bits per heavy atom. The van der Waals surface area contributed by atoms with E-state index in [1.165, 1.54) is 5.56 Å². The van der Waals surface area contributed by atoms with Crippen LogP contribution in [0.4, 0.5) is 5.69 Å². The fourth-order valence-electron chi connectivity index (χ4n) is 2.00. The van der Waals surface area contributed by atoms with Crippen LogP contribution in [0.2, 0.25) is 0 Å². The van der Waals surface area contributed by atoms with Crippen molar-refractivity contribution in [2.75, 3.05) is 0 Å². The van der Waals surface area contributed by atoms with Crippen LogP contribution < -0.4 is 5.69 Å². The van der Waals surface area contributed by atoms with E-state index in [0.717, 1.165) is 22.3 Å². The fraction of sp³-hybridized carbons (Fsp3) is 0.0667. The third-order valence-corrected chi connectivity index (χ3v) is 2.90. The van der Waals surface area contributed by atoms with Crippen molar-refractivity contribution in [1.82, 2.24) is 9.97 Å². The number of imidazole rings is 1. The first kappa shape index (κ1) is 11.5. The number of rotatable bonds is 2. The van der Waals surface area contributed by atoms with Crippen molar-refractivity contribution in [2.24, 2.45) is 4.99 Å². The van der Waals surface area contributed by atoms with Crippen molar-refractivity contribution in [2.45, 2.75) is 6.92 Å². The number of fused-ring (bicyclic) bond motifs is 1. The Kier molecular flexibility index (Phi) is 2.76. The van der Waals surface area contributed by atoms with Gasteiger partial charge in [0.1, 0.15) is 0 Å². The predicted octanol–water partition coefficient (Wildman–Crippen LogP) is 2.92. The molecular weight excluding hydrogens is 238 g/mol. The second-order valence-electron chi connectivity index (χ2n) is 4.48. The summed E-state index contributed by atoms with van der Waals surface area (Å²) in [5, 5.41) is 0. The first-order valence-corrected chi connectivity index (χ1v) is 6.03. The van der Waals surface area contributed by atoms with Crippen LogP contribution in [0, 0.1) is 6.92 Å². The Hall–Kier alpha value is -2.62. The van der Waals surface area contributed by atoms with E-state index in [2.05, 4.69) is 21.0 Å². The number of nitrogens with zero attached hydrogens (tertiary/aromatic N) is 1. The molecule has 3 aromatic rings. The Morgan fingerprint density at radius 2 is 1.89 bits per heavy atom. The van der Waals surface area contributed by atoms with Gasteiger partial charge in [0, 0.05) is 6.21 Å². The van der Waals surface area contributed by atoms with Crippen molar-refractivity contribution < 1.29 is 0 Å². The van der Waals surface area contributed by atoms with Crippen LogP contribution in [-0.2, 0) is 0 Å². The quantitative estimate of drug-likeness (QED) is 0.676. The van der Waals surface area contributed by atoms with Crippen molar-refractivity contribution in [3.8, 4) is 0 Å². The van der Waals surface area contributed by atoms with Gasteiger partial charge in [0.15, 0.2) is 0 Å². The largest absolute Gasteiger partial charge is 0.323 e. The molecule has 2 N–H and O–H groups in total. The number of aliphatic imine (C=N–C) groups is 1. The molecule has 0 radical (unpaired) electrons. The van der Waals surface area contributed by atoms with E-state index in [9.17, 15) is 4.79 Å². The molecular formula is C15H13N3O. The summed E-state index contributed by atoms with van der Waals surface area (Å²) in [5.74, 6) is 0. The molecule has 0 aliphatic rings. The summed E-state index contributed by atoms with van der Waals surface area (Å²) in [7, 11) is 0. The standard InChI is InChI=1S/C15H13N3O/c1-10-3-2-4-11(7-10)9-16-12-5-6-13-14(8-12)18-15(19)17-13/h2-9H,1H3,(H2,17,18,19). The number of aromatic nitrogens is 2. The maximum absolute atomic E-state index is 11.2. The molecule has 19 heavy (non-hydrogen) atoms. The van der Waals surface area contributed by atoms with E-state index in [-0.39, 0.29) is 5.69 Å². The number of hydrogen-bond donors (Lipinski definition) is 2. The fourth-order valence-corrected chi connectivity index (χ4v) is 2.00. The van der Waals surface area contributed by atoms with Gasteiger partial charge < -0.3 is 9.97 Å². The molecule has 0 fully saturated rings. The summed E-state index contributed by atoms with van der Waals surface area (Å²) in [4.78, 5) is 21.0. The zero-order chi connectivity index (χ0) is 13.2. The second kappa shape index (κ2) is 4.57. The van der Waals surface area contributed by atoms with Crippen LogP contribution in [0.3, 0.4) is 0 Å². The minimum Gasteiger partial charge on any atom is -0.306 e. The second-order valence-corrected chi connectivity index (χ2v) is 4.48. The van der Waals surface area contributed by atoms with E-state index >= 15 is 0 Å². The summed E-state index contributed by atoms with van der Waals surface area (Å²) in [6, 6.07) is 13.7. The van der Waals surface area contributed by atoms with Gasteiger partial charge in [-0.1, -0.05) is 29.8 Å². The maximum Gasteiger partial charge on any atom is 0.323 e. The molecule has 0 amide bonds. The number of benzene rings is 2. The summed E-state index contributed by atoms with van der Waals surface area (Å²) >= 11 is 0. The highest BCUT2D eigenvalue weighted by atomic mass is 16.1. The molecule has 0 saturated carbocycles. The lowest BCUT2D eigenvalue weighted by atomic mass is 10.1. The molecule has 1 heterocycles. The number of hydrogen-bond acceptors (Lipinski definition) is 2. The van der Waals surface area contributed by atoms with Gasteiger partial charge in [-0.2, -0.15) is 0 Å². The van der Waals surface area contributed by atoms with Gasteiger partial charge in [0.2, 0.25) is 0 Å². The van der Waals surface area contributed by atoms with Gasteiger partial charge in [-0.3, -0.25) is 4.99 Å². The van der Waals surface area contributed by atoms with Gasteiger partial charge in [-0.25, -0.2) is 4.79 Å². The average Bonchev–Trinajstić information content (AvgIpc) is 2.75. The van der Waals surface area contributed by atoms with Gasteiger partial charge in [-0.05, 0) is 30.7 Å². The highest BCUT2D eigenvalue weighted by Crippen LogP contribution is 2.17. The van der Waals surface area contributed by atoms with Crippen molar-refractivity contribution in [3.63, 3.8) is 0 Å². The van der Waals surface area contributed by atoms with Crippen molar-refractivity contribution in [3.05, 3.63) is 64.1 Å². The molecule has 1 aromatic heterocycles. The summed E-state index contributed by atoms with van der Waals surface area (Å²) in [6.07, 6.45) is 1.82. The molecule has 94 valence electrons. The lowest BCUT2D eigenvalue weighted by molar-refractivity contribution is 1.21. The van der Waals surface area contributed by atoms with Gasteiger partial charge in [0.05, 0.1) is 16.7 Å². The molecule has 0 bridgehead atoms. The molecule has 4 heteroatoms. The highest BCUT2D eigenvalue weighted by molar-refractivity contribution is 5.84. The smallest absolute Gasteiger partial charge is 0.306 e. The Bertz CT molecular complexity index is 811. The molecule has 0 saturated heterocycles. The Morgan fingerprint density at radius 1 is 1.05 bits per heavy atom. The predicted molar refractivity (Wildman–Crippen MR) is 77.4 cm³/mol. The summed E-state index contributed by atoms with van der Waals surface area (Å²) in [5.41, 5.74) is 4.43. The molecule has 0 aliphatic carbocycles. The van der Waals surface area contributed by atoms with Crippen LogP contribution >= 0.6 is 0 Å². The number of aryl methyl sites for hydroxylation is 1. The first-order valence-electron chi connectivity index (χ1n) is 6.03. The normalized spacial score (nSPS) is 11.4. The lowest BCUT2D eigenvalue weighted by Gasteiger charge is -1.96. The minimum atomic E-state index is -0.199. The molecule has 2 aromatic carbocycles. The lowest BCUT2D eigenvalue weighted by Crippen LogP contribution is -1.99.